The summed E-state index contributed by atoms with van der Waals surface area (Å²) >= 11 is 0. The van der Waals surface area contributed by atoms with Gasteiger partial charge in [-0.2, -0.15) is 0 Å². The van der Waals surface area contributed by atoms with Crippen LogP contribution in [0.5, 0.6) is 34.5 Å². The van der Waals surface area contributed by atoms with Gasteiger partial charge in [0.15, 0.2) is 23.7 Å². The molecule has 1 aliphatic heterocycles. The molecule has 0 amide bonds. The molecular weight excluding hydrogens is 344 g/mol. The van der Waals surface area contributed by atoms with Crippen molar-refractivity contribution in [3.05, 3.63) is 35.4 Å². The van der Waals surface area contributed by atoms with Gasteiger partial charge in [-0.3, -0.25) is 4.79 Å². The monoisotopic (exact) mass is 362 g/mol. The summed E-state index contributed by atoms with van der Waals surface area (Å²) in [5, 5.41) is 30.0. The van der Waals surface area contributed by atoms with Gasteiger partial charge < -0.3 is 34.3 Å². The summed E-state index contributed by atoms with van der Waals surface area (Å²) in [5.74, 6) is -0.476. The minimum Gasteiger partial charge on any atom is -0.508 e. The number of hydrogen-bond acceptors (Lipinski definition) is 8. The number of aliphatic hydroxyl groups is 1. The molecule has 0 spiro atoms. The number of phenolic OH excluding ortho intramolecular Hbond substituents is 2. The average molecular weight is 362 g/mol. The van der Waals surface area contributed by atoms with Crippen LogP contribution in [0.1, 0.15) is 22.0 Å². The van der Waals surface area contributed by atoms with E-state index in [9.17, 15) is 20.1 Å². The van der Waals surface area contributed by atoms with Crippen molar-refractivity contribution in [2.24, 2.45) is 0 Å². The van der Waals surface area contributed by atoms with Crippen LogP contribution in [0, 0.1) is 0 Å². The molecule has 3 N–H and O–H groups in total. The average Bonchev–Trinajstić information content (AvgIpc) is 2.62. The Morgan fingerprint density at radius 3 is 2.12 bits per heavy atom. The Morgan fingerprint density at radius 2 is 1.58 bits per heavy atom. The molecule has 0 radical (unpaired) electrons. The maximum absolute atomic E-state index is 12.5. The normalized spacial score (nSPS) is 18.7. The summed E-state index contributed by atoms with van der Waals surface area (Å²) in [5.41, 5.74) is 0.216. The standard InChI is InChI=1S/C18H18O8/c1-23-12-4-8(5-13(24-2)18(12)25-3)17-16(22)15(21)14-10(20)6-9(19)7-11(14)26-17/h4-7,16-17,19-20,22H,1-3H3. The van der Waals surface area contributed by atoms with E-state index < -0.39 is 23.7 Å². The van der Waals surface area contributed by atoms with Gasteiger partial charge in [0, 0.05) is 17.7 Å². The number of ketones is 1. The van der Waals surface area contributed by atoms with E-state index in [1.165, 1.54) is 27.4 Å². The maximum Gasteiger partial charge on any atom is 0.203 e. The SMILES string of the molecule is COc1cc(C2Oc3cc(O)cc(O)c3C(=O)C2O)cc(OC)c1OC. The lowest BCUT2D eigenvalue weighted by Crippen LogP contribution is -2.36. The molecule has 1 aliphatic rings. The highest BCUT2D eigenvalue weighted by Crippen LogP contribution is 2.45. The summed E-state index contributed by atoms with van der Waals surface area (Å²) in [6.07, 6.45) is -2.66. The zero-order valence-corrected chi connectivity index (χ0v) is 14.3. The van der Waals surface area contributed by atoms with Crippen molar-refractivity contribution in [1.29, 1.82) is 0 Å². The zero-order valence-electron chi connectivity index (χ0n) is 14.3. The van der Waals surface area contributed by atoms with Gasteiger partial charge in [0.05, 0.1) is 21.3 Å². The molecule has 2 aromatic carbocycles. The number of carbonyl (C=O) groups excluding carboxylic acids is 1. The molecule has 138 valence electrons. The molecule has 8 heteroatoms. The minimum absolute atomic E-state index is 0.0310. The highest BCUT2D eigenvalue weighted by Gasteiger charge is 2.39. The van der Waals surface area contributed by atoms with E-state index in [0.29, 0.717) is 22.8 Å². The highest BCUT2D eigenvalue weighted by atomic mass is 16.5. The third-order valence-corrected chi connectivity index (χ3v) is 4.14. The first kappa shape index (κ1) is 17.7. The number of fused-ring (bicyclic) bond motifs is 1. The number of ether oxygens (including phenoxy) is 4. The predicted octanol–water partition coefficient (Wildman–Crippen LogP) is 1.80. The Labute approximate surface area is 149 Å². The van der Waals surface area contributed by atoms with Crippen molar-refractivity contribution < 1.29 is 39.1 Å². The molecular formula is C18H18O8. The summed E-state index contributed by atoms with van der Waals surface area (Å²) in [4.78, 5) is 12.5. The molecule has 0 aliphatic carbocycles. The predicted molar refractivity (Wildman–Crippen MR) is 89.6 cm³/mol. The van der Waals surface area contributed by atoms with Crippen molar-refractivity contribution in [3.8, 4) is 34.5 Å². The van der Waals surface area contributed by atoms with Gasteiger partial charge in [-0.05, 0) is 12.1 Å². The number of methoxy groups -OCH3 is 3. The molecule has 2 atom stereocenters. The largest absolute Gasteiger partial charge is 0.508 e. The van der Waals surface area contributed by atoms with Gasteiger partial charge in [0.1, 0.15) is 22.8 Å². The van der Waals surface area contributed by atoms with Crippen molar-refractivity contribution in [1.82, 2.24) is 0 Å². The number of benzene rings is 2. The van der Waals surface area contributed by atoms with Gasteiger partial charge >= 0.3 is 0 Å². The summed E-state index contributed by atoms with van der Waals surface area (Å²) in [6, 6.07) is 5.31. The van der Waals surface area contributed by atoms with Crippen LogP contribution in [0.3, 0.4) is 0 Å². The van der Waals surface area contributed by atoms with E-state index in [1.807, 2.05) is 0 Å². The molecule has 0 saturated carbocycles. The quantitative estimate of drug-likeness (QED) is 0.754. The molecule has 1 heterocycles. The minimum atomic E-state index is -1.57. The van der Waals surface area contributed by atoms with E-state index in [4.69, 9.17) is 18.9 Å². The van der Waals surface area contributed by atoms with Gasteiger partial charge in [0.2, 0.25) is 11.5 Å². The lowest BCUT2D eigenvalue weighted by molar-refractivity contribution is 0.0209. The molecule has 8 nitrogen and oxygen atoms in total. The topological polar surface area (TPSA) is 115 Å². The number of aliphatic hydroxyl groups excluding tert-OH is 1. The third kappa shape index (κ3) is 2.74. The van der Waals surface area contributed by atoms with Gasteiger partial charge in [-0.15, -0.1) is 0 Å². The van der Waals surface area contributed by atoms with Crippen molar-refractivity contribution in [3.63, 3.8) is 0 Å². The van der Waals surface area contributed by atoms with E-state index in [2.05, 4.69) is 0 Å². The molecule has 2 unspecified atom stereocenters. The van der Waals surface area contributed by atoms with Crippen molar-refractivity contribution >= 4 is 5.78 Å². The molecule has 0 fully saturated rings. The lowest BCUT2D eigenvalue weighted by Gasteiger charge is -2.30. The number of rotatable bonds is 4. The van der Waals surface area contributed by atoms with Crippen LogP contribution in [0.2, 0.25) is 0 Å². The van der Waals surface area contributed by atoms with Crippen LogP contribution in [-0.2, 0) is 0 Å². The molecule has 2 aromatic rings. The molecule has 0 saturated heterocycles. The molecule has 0 bridgehead atoms. The highest BCUT2D eigenvalue weighted by molar-refractivity contribution is 6.05. The Balaban J connectivity index is 2.11. The van der Waals surface area contributed by atoms with Gasteiger partial charge in [-0.25, -0.2) is 0 Å². The Kier molecular flexibility index (Phi) is 4.52. The summed E-state index contributed by atoms with van der Waals surface area (Å²) in [6.45, 7) is 0. The first-order valence-corrected chi connectivity index (χ1v) is 7.66. The van der Waals surface area contributed by atoms with E-state index >= 15 is 0 Å². The second kappa shape index (κ2) is 6.64. The number of phenols is 2. The Bertz CT molecular complexity index is 836. The van der Waals surface area contributed by atoms with Crippen molar-refractivity contribution in [2.45, 2.75) is 12.2 Å². The second-order valence-corrected chi connectivity index (χ2v) is 5.64. The maximum atomic E-state index is 12.5. The van der Waals surface area contributed by atoms with Gasteiger partial charge in [0.25, 0.3) is 0 Å². The van der Waals surface area contributed by atoms with Crippen LogP contribution in [0.25, 0.3) is 0 Å². The van der Waals surface area contributed by atoms with E-state index in [-0.39, 0.29) is 17.1 Å². The smallest absolute Gasteiger partial charge is 0.203 e. The first-order chi connectivity index (χ1) is 12.4. The number of carbonyl (C=O) groups is 1. The fourth-order valence-electron chi connectivity index (χ4n) is 2.93. The van der Waals surface area contributed by atoms with Crippen molar-refractivity contribution in [2.75, 3.05) is 21.3 Å². The fourth-order valence-corrected chi connectivity index (χ4v) is 2.93. The van der Waals surface area contributed by atoms with Crippen LogP contribution >= 0.6 is 0 Å². The second-order valence-electron chi connectivity index (χ2n) is 5.64. The molecule has 0 aromatic heterocycles. The number of Topliss-reactive ketones (excluding diaryl/α,β-unsaturated/α-hetero) is 1. The molecule has 26 heavy (non-hydrogen) atoms. The number of hydrogen-bond donors (Lipinski definition) is 3. The van der Waals surface area contributed by atoms with E-state index in [0.717, 1.165) is 6.07 Å². The first-order valence-electron chi connectivity index (χ1n) is 7.66. The Hall–Kier alpha value is -3.13. The van der Waals surface area contributed by atoms with Crippen LogP contribution in [0.4, 0.5) is 0 Å². The molecule has 3 rings (SSSR count). The zero-order chi connectivity index (χ0) is 19.0. The Morgan fingerprint density at radius 1 is 0.962 bits per heavy atom. The van der Waals surface area contributed by atoms with Gasteiger partial charge in [-0.1, -0.05) is 0 Å². The van der Waals surface area contributed by atoms with E-state index in [1.54, 1.807) is 12.1 Å². The third-order valence-electron chi connectivity index (χ3n) is 4.14. The van der Waals surface area contributed by atoms with Crippen LogP contribution in [-0.4, -0.2) is 48.5 Å². The summed E-state index contributed by atoms with van der Waals surface area (Å²) < 4.78 is 21.5. The fraction of sp³-hybridized carbons (Fsp3) is 0.278. The number of aromatic hydroxyl groups is 2. The van der Waals surface area contributed by atoms with Crippen LogP contribution in [0.15, 0.2) is 24.3 Å². The lowest BCUT2D eigenvalue weighted by atomic mass is 9.92. The summed E-state index contributed by atoms with van der Waals surface area (Å²) in [7, 11) is 4.34. The van der Waals surface area contributed by atoms with Crippen LogP contribution < -0.4 is 18.9 Å².